The summed E-state index contributed by atoms with van der Waals surface area (Å²) in [5, 5.41) is 7.20. The Hall–Kier alpha value is -3.37. The van der Waals surface area contributed by atoms with Gasteiger partial charge in [0.15, 0.2) is 11.6 Å². The molecule has 0 spiro atoms. The van der Waals surface area contributed by atoms with Crippen LogP contribution < -0.4 is 10.6 Å². The van der Waals surface area contributed by atoms with Crippen molar-refractivity contribution in [1.29, 1.82) is 0 Å². The van der Waals surface area contributed by atoms with Crippen LogP contribution in [-0.4, -0.2) is 49.7 Å². The molecule has 0 unspecified atom stereocenters. The fourth-order valence-corrected chi connectivity index (χ4v) is 5.88. The highest BCUT2D eigenvalue weighted by Gasteiger charge is 2.31. The molecule has 2 amide bonds. The summed E-state index contributed by atoms with van der Waals surface area (Å²) in [6.45, 7) is 1.73. The largest absolute Gasteiger partial charge is 0.351 e. The lowest BCUT2D eigenvalue weighted by molar-refractivity contribution is -0.128. The zero-order valence-corrected chi connectivity index (χ0v) is 20.5. The van der Waals surface area contributed by atoms with E-state index in [1.54, 1.807) is 18.2 Å². The van der Waals surface area contributed by atoms with Gasteiger partial charge in [-0.3, -0.25) is 9.59 Å². The average Bonchev–Trinajstić information content (AvgIpc) is 2.85. The number of piperidine rings is 1. The predicted octanol–water partition coefficient (Wildman–Crippen LogP) is 3.13. The molecular weight excluding hydrogens is 488 g/mol. The number of nitrogens with zero attached hydrogens (tertiary/aromatic N) is 1. The minimum absolute atomic E-state index is 0.0161. The second-order valence-electron chi connectivity index (χ2n) is 8.90. The molecule has 1 aliphatic heterocycles. The van der Waals surface area contributed by atoms with E-state index in [-0.39, 0.29) is 30.4 Å². The Balaban J connectivity index is 1.39. The number of benzene rings is 3. The normalized spacial score (nSPS) is 16.0. The standard InChI is InChI=1S/C26H27F2N3O4S/c1-17(32)29-25(15-18-6-9-23(27)24(28)14-18)26(33)30-21-10-12-31(13-11-21)36(34,35)22-8-7-19-4-2-3-5-20(19)16-22/h2-9,14,16,21,25H,10-13,15H2,1H3,(H,29,32)(H,30,33)/t25-/m1/s1. The Bertz CT molecular complexity index is 1390. The maximum absolute atomic E-state index is 13.6. The number of amides is 2. The van der Waals surface area contributed by atoms with Gasteiger partial charge in [-0.05, 0) is 53.4 Å². The molecule has 1 saturated heterocycles. The van der Waals surface area contributed by atoms with Crippen LogP contribution in [0, 0.1) is 11.6 Å². The number of halogens is 2. The van der Waals surface area contributed by atoms with Gasteiger partial charge in [0.2, 0.25) is 21.8 Å². The van der Waals surface area contributed by atoms with E-state index in [2.05, 4.69) is 10.6 Å². The highest BCUT2D eigenvalue weighted by atomic mass is 32.2. The number of hydrogen-bond acceptors (Lipinski definition) is 4. The molecular formula is C26H27F2N3O4S. The van der Waals surface area contributed by atoms with Crippen LogP contribution in [0.2, 0.25) is 0 Å². The van der Waals surface area contributed by atoms with Crippen molar-refractivity contribution in [3.05, 3.63) is 77.9 Å². The van der Waals surface area contributed by atoms with Crippen LogP contribution in [0.4, 0.5) is 8.78 Å². The Morgan fingerprint density at radius 2 is 1.67 bits per heavy atom. The smallest absolute Gasteiger partial charge is 0.243 e. The van der Waals surface area contributed by atoms with Crippen molar-refractivity contribution in [2.24, 2.45) is 0 Å². The van der Waals surface area contributed by atoms with Gasteiger partial charge in [-0.15, -0.1) is 0 Å². The molecule has 0 bridgehead atoms. The number of carbonyl (C=O) groups is 2. The molecule has 1 fully saturated rings. The monoisotopic (exact) mass is 515 g/mol. The molecule has 36 heavy (non-hydrogen) atoms. The molecule has 3 aromatic rings. The van der Waals surface area contributed by atoms with Gasteiger partial charge in [0.25, 0.3) is 0 Å². The first-order valence-corrected chi connectivity index (χ1v) is 13.1. The molecule has 2 N–H and O–H groups in total. The molecule has 1 aliphatic rings. The Morgan fingerprint density at radius 1 is 0.972 bits per heavy atom. The van der Waals surface area contributed by atoms with E-state index >= 15 is 0 Å². The first-order chi connectivity index (χ1) is 17.1. The van der Waals surface area contributed by atoms with E-state index in [4.69, 9.17) is 0 Å². The Labute approximate surface area is 208 Å². The van der Waals surface area contributed by atoms with Gasteiger partial charge in [0, 0.05) is 32.5 Å². The third-order valence-electron chi connectivity index (χ3n) is 6.28. The predicted molar refractivity (Wildman–Crippen MR) is 132 cm³/mol. The molecule has 10 heteroatoms. The van der Waals surface area contributed by atoms with Crippen LogP contribution in [0.3, 0.4) is 0 Å². The van der Waals surface area contributed by atoms with Gasteiger partial charge >= 0.3 is 0 Å². The summed E-state index contributed by atoms with van der Waals surface area (Å²) < 4.78 is 54.6. The van der Waals surface area contributed by atoms with Crippen molar-refractivity contribution in [2.75, 3.05) is 13.1 Å². The zero-order valence-electron chi connectivity index (χ0n) is 19.7. The Morgan fingerprint density at radius 3 is 2.33 bits per heavy atom. The molecule has 1 heterocycles. The van der Waals surface area contributed by atoms with Gasteiger partial charge in [0.1, 0.15) is 6.04 Å². The second-order valence-corrected chi connectivity index (χ2v) is 10.8. The number of fused-ring (bicyclic) bond motifs is 1. The lowest BCUT2D eigenvalue weighted by Crippen LogP contribution is -2.53. The van der Waals surface area contributed by atoms with Gasteiger partial charge in [-0.1, -0.05) is 36.4 Å². The number of sulfonamides is 1. The summed E-state index contributed by atoms with van der Waals surface area (Å²) in [4.78, 5) is 24.8. The van der Waals surface area contributed by atoms with Crippen molar-refractivity contribution in [3.63, 3.8) is 0 Å². The molecule has 4 rings (SSSR count). The highest BCUT2D eigenvalue weighted by molar-refractivity contribution is 7.89. The van der Waals surface area contributed by atoms with Crippen molar-refractivity contribution < 1.29 is 26.8 Å². The topological polar surface area (TPSA) is 95.6 Å². The summed E-state index contributed by atoms with van der Waals surface area (Å²) in [6, 6.07) is 14.6. The van der Waals surface area contributed by atoms with Gasteiger partial charge in [-0.25, -0.2) is 17.2 Å². The van der Waals surface area contributed by atoms with E-state index in [1.807, 2.05) is 24.3 Å². The third kappa shape index (κ3) is 5.88. The molecule has 190 valence electrons. The van der Waals surface area contributed by atoms with E-state index in [0.29, 0.717) is 18.4 Å². The number of nitrogens with one attached hydrogen (secondary N) is 2. The van der Waals surface area contributed by atoms with Gasteiger partial charge < -0.3 is 10.6 Å². The van der Waals surface area contributed by atoms with E-state index < -0.39 is 39.5 Å². The molecule has 0 aliphatic carbocycles. The molecule has 1 atom stereocenters. The van der Waals surface area contributed by atoms with E-state index in [0.717, 1.165) is 22.9 Å². The first kappa shape index (κ1) is 25.7. The van der Waals surface area contributed by atoms with Crippen molar-refractivity contribution in [3.8, 4) is 0 Å². The van der Waals surface area contributed by atoms with Gasteiger partial charge in [-0.2, -0.15) is 4.31 Å². The van der Waals surface area contributed by atoms with Crippen LogP contribution in [0.1, 0.15) is 25.3 Å². The summed E-state index contributed by atoms with van der Waals surface area (Å²) in [7, 11) is -3.69. The second kappa shape index (κ2) is 10.7. The van der Waals surface area contributed by atoms with Crippen LogP contribution >= 0.6 is 0 Å². The van der Waals surface area contributed by atoms with Crippen LogP contribution in [0.15, 0.2) is 65.6 Å². The first-order valence-electron chi connectivity index (χ1n) is 11.6. The maximum Gasteiger partial charge on any atom is 0.243 e. The number of rotatable bonds is 7. The lowest BCUT2D eigenvalue weighted by Gasteiger charge is -2.32. The van der Waals surface area contributed by atoms with Crippen molar-refractivity contribution in [1.82, 2.24) is 14.9 Å². The Kier molecular flexibility index (Phi) is 7.65. The minimum atomic E-state index is -3.69. The van der Waals surface area contributed by atoms with Gasteiger partial charge in [0.05, 0.1) is 4.90 Å². The van der Waals surface area contributed by atoms with Crippen LogP contribution in [0.25, 0.3) is 10.8 Å². The summed E-state index contributed by atoms with van der Waals surface area (Å²) in [5.41, 5.74) is 0.360. The third-order valence-corrected chi connectivity index (χ3v) is 8.17. The SMILES string of the molecule is CC(=O)N[C@H](Cc1ccc(F)c(F)c1)C(=O)NC1CCN(S(=O)(=O)c2ccc3ccccc3c2)CC1. The number of carbonyl (C=O) groups excluding carboxylic acids is 2. The zero-order chi connectivity index (χ0) is 25.9. The molecule has 0 radical (unpaired) electrons. The lowest BCUT2D eigenvalue weighted by atomic mass is 10.0. The average molecular weight is 516 g/mol. The molecule has 0 saturated carbocycles. The summed E-state index contributed by atoms with van der Waals surface area (Å²) >= 11 is 0. The van der Waals surface area contributed by atoms with E-state index in [9.17, 15) is 26.8 Å². The molecule has 7 nitrogen and oxygen atoms in total. The fourth-order valence-electron chi connectivity index (χ4n) is 4.38. The fraction of sp³-hybridized carbons (Fsp3) is 0.308. The quantitative estimate of drug-likeness (QED) is 0.506. The highest BCUT2D eigenvalue weighted by Crippen LogP contribution is 2.24. The summed E-state index contributed by atoms with van der Waals surface area (Å²) in [6.07, 6.45) is 0.783. The minimum Gasteiger partial charge on any atom is -0.351 e. The van der Waals surface area contributed by atoms with Crippen LogP contribution in [-0.2, 0) is 26.0 Å². The maximum atomic E-state index is 13.6. The molecule has 3 aromatic carbocycles. The van der Waals surface area contributed by atoms with E-state index in [1.165, 1.54) is 17.3 Å². The van der Waals surface area contributed by atoms with Crippen molar-refractivity contribution >= 4 is 32.6 Å². The van der Waals surface area contributed by atoms with Crippen LogP contribution in [0.5, 0.6) is 0 Å². The number of hydrogen-bond donors (Lipinski definition) is 2. The summed E-state index contributed by atoms with van der Waals surface area (Å²) in [5.74, 6) is -2.93. The molecule has 0 aromatic heterocycles. The van der Waals surface area contributed by atoms with Crippen molar-refractivity contribution in [2.45, 2.75) is 43.2 Å².